The van der Waals surface area contributed by atoms with Gasteiger partial charge in [-0.3, -0.25) is 0 Å². The van der Waals surface area contributed by atoms with Gasteiger partial charge < -0.3 is 5.11 Å². The molecule has 1 heteroatoms. The summed E-state index contributed by atoms with van der Waals surface area (Å²) in [4.78, 5) is 0. The SMILES string of the molecule is C=CCC1(O)CCCC(C(C)(C)C)C1. The van der Waals surface area contributed by atoms with Crippen LogP contribution in [0.15, 0.2) is 12.7 Å². The van der Waals surface area contributed by atoms with Crippen LogP contribution in [0.2, 0.25) is 0 Å². The molecule has 1 saturated carbocycles. The molecule has 0 saturated heterocycles. The van der Waals surface area contributed by atoms with Crippen LogP contribution in [0.1, 0.15) is 52.9 Å². The van der Waals surface area contributed by atoms with E-state index in [4.69, 9.17) is 0 Å². The van der Waals surface area contributed by atoms with Crippen LogP contribution in [0, 0.1) is 11.3 Å². The van der Waals surface area contributed by atoms with Gasteiger partial charge in [0.1, 0.15) is 0 Å². The first kappa shape index (κ1) is 11.8. The smallest absolute Gasteiger partial charge is 0.0684 e. The average Bonchev–Trinajstić information content (AvgIpc) is 2.02. The zero-order valence-corrected chi connectivity index (χ0v) is 9.84. The molecular formula is C13H24O. The van der Waals surface area contributed by atoms with E-state index in [0.717, 1.165) is 25.7 Å². The van der Waals surface area contributed by atoms with Gasteiger partial charge in [-0.25, -0.2) is 0 Å². The maximum Gasteiger partial charge on any atom is 0.0684 e. The van der Waals surface area contributed by atoms with Crippen LogP contribution in [-0.2, 0) is 0 Å². The second-order valence-electron chi connectivity index (χ2n) is 5.88. The molecule has 1 aliphatic rings. The molecule has 0 bridgehead atoms. The number of rotatable bonds is 2. The molecule has 0 amide bonds. The molecule has 14 heavy (non-hydrogen) atoms. The molecule has 0 radical (unpaired) electrons. The van der Waals surface area contributed by atoms with Gasteiger partial charge in [0.2, 0.25) is 0 Å². The van der Waals surface area contributed by atoms with Crippen molar-refractivity contribution in [1.82, 2.24) is 0 Å². The standard InChI is InChI=1S/C13H24O/c1-5-8-13(14)9-6-7-11(10-13)12(2,3)4/h5,11,14H,1,6-10H2,2-4H3. The molecule has 1 aliphatic carbocycles. The number of aliphatic hydroxyl groups is 1. The van der Waals surface area contributed by atoms with Gasteiger partial charge in [0, 0.05) is 0 Å². The molecule has 1 rings (SSSR count). The maximum atomic E-state index is 10.3. The first-order valence-corrected chi connectivity index (χ1v) is 5.71. The van der Waals surface area contributed by atoms with E-state index in [2.05, 4.69) is 27.4 Å². The van der Waals surface area contributed by atoms with Crippen LogP contribution in [-0.4, -0.2) is 10.7 Å². The second-order valence-corrected chi connectivity index (χ2v) is 5.88. The molecule has 0 aromatic rings. The minimum absolute atomic E-state index is 0.329. The molecule has 2 unspecified atom stereocenters. The van der Waals surface area contributed by atoms with E-state index in [1.54, 1.807) is 0 Å². The Morgan fingerprint density at radius 2 is 2.14 bits per heavy atom. The third-order valence-corrected chi connectivity index (χ3v) is 3.57. The van der Waals surface area contributed by atoms with Gasteiger partial charge in [-0.2, -0.15) is 0 Å². The molecule has 0 heterocycles. The van der Waals surface area contributed by atoms with Crippen LogP contribution in [0.3, 0.4) is 0 Å². The summed E-state index contributed by atoms with van der Waals surface area (Å²) in [7, 11) is 0. The van der Waals surface area contributed by atoms with Crippen LogP contribution >= 0.6 is 0 Å². The highest BCUT2D eigenvalue weighted by atomic mass is 16.3. The predicted octanol–water partition coefficient (Wildman–Crippen LogP) is 3.53. The number of hydrogen-bond acceptors (Lipinski definition) is 1. The minimum Gasteiger partial charge on any atom is -0.390 e. The van der Waals surface area contributed by atoms with Gasteiger partial charge >= 0.3 is 0 Å². The van der Waals surface area contributed by atoms with Crippen LogP contribution in [0.25, 0.3) is 0 Å². The Morgan fingerprint density at radius 1 is 1.50 bits per heavy atom. The summed E-state index contributed by atoms with van der Waals surface area (Å²) in [5.74, 6) is 0.654. The Hall–Kier alpha value is -0.300. The summed E-state index contributed by atoms with van der Waals surface area (Å²) < 4.78 is 0. The maximum absolute atomic E-state index is 10.3. The van der Waals surface area contributed by atoms with Crippen LogP contribution in [0.5, 0.6) is 0 Å². The highest BCUT2D eigenvalue weighted by Crippen LogP contribution is 2.43. The quantitative estimate of drug-likeness (QED) is 0.670. The lowest BCUT2D eigenvalue weighted by Crippen LogP contribution is -2.39. The van der Waals surface area contributed by atoms with Gasteiger partial charge in [-0.15, -0.1) is 6.58 Å². The highest BCUT2D eigenvalue weighted by molar-refractivity contribution is 4.94. The van der Waals surface area contributed by atoms with Crippen molar-refractivity contribution in [3.05, 3.63) is 12.7 Å². The third-order valence-electron chi connectivity index (χ3n) is 3.57. The van der Waals surface area contributed by atoms with E-state index < -0.39 is 5.60 Å². The fourth-order valence-electron chi connectivity index (χ4n) is 2.53. The Morgan fingerprint density at radius 3 is 2.64 bits per heavy atom. The normalized spacial score (nSPS) is 34.1. The van der Waals surface area contributed by atoms with E-state index in [-0.39, 0.29) is 0 Å². The van der Waals surface area contributed by atoms with Crippen molar-refractivity contribution in [3.63, 3.8) is 0 Å². The topological polar surface area (TPSA) is 20.2 Å². The third kappa shape index (κ3) is 2.84. The summed E-state index contributed by atoms with van der Waals surface area (Å²) in [5, 5.41) is 10.3. The van der Waals surface area contributed by atoms with Gasteiger partial charge in [-0.1, -0.05) is 33.3 Å². The lowest BCUT2D eigenvalue weighted by Gasteiger charge is -2.42. The Bertz CT molecular complexity index is 202. The Kier molecular flexibility index (Phi) is 3.41. The zero-order valence-electron chi connectivity index (χ0n) is 9.84. The molecule has 82 valence electrons. The van der Waals surface area contributed by atoms with Gasteiger partial charge in [-0.05, 0) is 37.0 Å². The summed E-state index contributed by atoms with van der Waals surface area (Å²) in [5.41, 5.74) is -0.131. The van der Waals surface area contributed by atoms with E-state index in [1.807, 2.05) is 6.08 Å². The molecule has 0 aliphatic heterocycles. The van der Waals surface area contributed by atoms with Crippen molar-refractivity contribution in [3.8, 4) is 0 Å². The monoisotopic (exact) mass is 196 g/mol. The predicted molar refractivity (Wildman–Crippen MR) is 61.2 cm³/mol. The lowest BCUT2D eigenvalue weighted by molar-refractivity contribution is -0.0354. The van der Waals surface area contributed by atoms with Crippen molar-refractivity contribution in [1.29, 1.82) is 0 Å². The molecule has 1 N–H and O–H groups in total. The summed E-state index contributed by atoms with van der Waals surface area (Å²) >= 11 is 0. The van der Waals surface area contributed by atoms with Crippen molar-refractivity contribution >= 4 is 0 Å². The fraction of sp³-hybridized carbons (Fsp3) is 0.846. The average molecular weight is 196 g/mol. The molecule has 0 aromatic heterocycles. The van der Waals surface area contributed by atoms with Gasteiger partial charge in [0.15, 0.2) is 0 Å². The second kappa shape index (κ2) is 4.06. The summed E-state index contributed by atoms with van der Waals surface area (Å²) in [6.45, 7) is 10.6. The van der Waals surface area contributed by atoms with Crippen LogP contribution < -0.4 is 0 Å². The first-order chi connectivity index (χ1) is 6.37. The van der Waals surface area contributed by atoms with Crippen molar-refractivity contribution in [2.45, 2.75) is 58.5 Å². The molecule has 1 fully saturated rings. The zero-order chi connectivity index (χ0) is 10.8. The lowest BCUT2D eigenvalue weighted by atomic mass is 9.67. The Labute approximate surface area is 88.2 Å². The molecule has 0 spiro atoms. The first-order valence-electron chi connectivity index (χ1n) is 5.71. The van der Waals surface area contributed by atoms with Gasteiger partial charge in [0.25, 0.3) is 0 Å². The molecular weight excluding hydrogens is 172 g/mol. The van der Waals surface area contributed by atoms with Gasteiger partial charge in [0.05, 0.1) is 5.60 Å². The van der Waals surface area contributed by atoms with E-state index >= 15 is 0 Å². The minimum atomic E-state index is -0.460. The molecule has 0 aromatic carbocycles. The summed E-state index contributed by atoms with van der Waals surface area (Å²) in [6, 6.07) is 0. The largest absolute Gasteiger partial charge is 0.390 e. The van der Waals surface area contributed by atoms with E-state index in [9.17, 15) is 5.11 Å². The number of hydrogen-bond donors (Lipinski definition) is 1. The van der Waals surface area contributed by atoms with E-state index in [0.29, 0.717) is 11.3 Å². The molecule has 2 atom stereocenters. The molecule has 1 nitrogen and oxygen atoms in total. The van der Waals surface area contributed by atoms with Crippen molar-refractivity contribution in [2.24, 2.45) is 11.3 Å². The van der Waals surface area contributed by atoms with Crippen molar-refractivity contribution < 1.29 is 5.11 Å². The fourth-order valence-corrected chi connectivity index (χ4v) is 2.53. The summed E-state index contributed by atoms with van der Waals surface area (Å²) in [6.07, 6.45) is 6.92. The highest BCUT2D eigenvalue weighted by Gasteiger charge is 2.37. The van der Waals surface area contributed by atoms with Crippen molar-refractivity contribution in [2.75, 3.05) is 0 Å². The Balaban J connectivity index is 2.64. The van der Waals surface area contributed by atoms with E-state index in [1.165, 1.54) is 6.42 Å². The van der Waals surface area contributed by atoms with Crippen LogP contribution in [0.4, 0.5) is 0 Å².